The van der Waals surface area contributed by atoms with E-state index in [1.54, 1.807) is 12.1 Å². The summed E-state index contributed by atoms with van der Waals surface area (Å²) in [6.45, 7) is 0.457. The van der Waals surface area contributed by atoms with E-state index in [1.807, 2.05) is 40.7 Å². The van der Waals surface area contributed by atoms with Crippen molar-refractivity contribution in [3.05, 3.63) is 65.9 Å². The van der Waals surface area contributed by atoms with Crippen LogP contribution in [0.5, 0.6) is 0 Å². The van der Waals surface area contributed by atoms with Gasteiger partial charge >= 0.3 is 0 Å². The van der Waals surface area contributed by atoms with Crippen LogP contribution >= 0.6 is 0 Å². The van der Waals surface area contributed by atoms with Gasteiger partial charge < -0.3 is 15.1 Å². The number of fused-ring (bicyclic) bond motifs is 1. The second-order valence-corrected chi connectivity index (χ2v) is 7.54. The highest BCUT2D eigenvalue weighted by molar-refractivity contribution is 5.97. The van der Waals surface area contributed by atoms with Gasteiger partial charge in [-0.1, -0.05) is 23.7 Å². The second kappa shape index (κ2) is 8.00. The molecular weight excluding hydrogens is 355 g/mol. The highest BCUT2D eigenvalue weighted by Crippen LogP contribution is 2.21. The number of rotatable bonds is 5. The molecule has 1 aromatic carbocycles. The van der Waals surface area contributed by atoms with E-state index < -0.39 is 0 Å². The maximum absolute atomic E-state index is 14.7. The van der Waals surface area contributed by atoms with E-state index in [2.05, 4.69) is 11.4 Å². The molecule has 1 fully saturated rings. The summed E-state index contributed by atoms with van der Waals surface area (Å²) in [6.07, 6.45) is 11.7. The number of nitrogens with zero attached hydrogens (tertiary/aromatic N) is 3. The van der Waals surface area contributed by atoms with Crippen molar-refractivity contribution in [2.24, 2.45) is 17.9 Å². The number of hydrogen-bond donors (Lipinski definition) is 1. The number of halogens is 1. The predicted molar refractivity (Wildman–Crippen MR) is 107 cm³/mol. The van der Waals surface area contributed by atoms with Crippen LogP contribution in [-0.2, 0) is 18.4 Å². The van der Waals surface area contributed by atoms with Gasteiger partial charge in [-0.25, -0.2) is 8.96 Å². The van der Waals surface area contributed by atoms with E-state index >= 15 is 0 Å². The molecular formula is C22H26FN4O+. The van der Waals surface area contributed by atoms with Crippen molar-refractivity contribution in [2.45, 2.75) is 44.8 Å². The lowest BCUT2D eigenvalue weighted by Crippen LogP contribution is -2.25. The van der Waals surface area contributed by atoms with Crippen LogP contribution in [0.25, 0.3) is 10.9 Å². The smallest absolute Gasteiger partial charge is 0.177 e. The molecule has 1 saturated carbocycles. The zero-order valence-electron chi connectivity index (χ0n) is 16.1. The Kier molecular flexibility index (Phi) is 5.28. The summed E-state index contributed by atoms with van der Waals surface area (Å²) >= 11 is 0. The van der Waals surface area contributed by atoms with Crippen LogP contribution in [0.15, 0.2) is 54.1 Å². The molecule has 5 nitrogen and oxygen atoms in total. The molecule has 0 radical (unpaired) electrons. The van der Waals surface area contributed by atoms with Crippen molar-refractivity contribution in [1.29, 1.82) is 0 Å². The number of pyridine rings is 1. The van der Waals surface area contributed by atoms with E-state index in [1.165, 1.54) is 12.5 Å². The maximum atomic E-state index is 14.7. The Morgan fingerprint density at radius 3 is 2.86 bits per heavy atom. The Hall–Kier alpha value is -2.89. The molecule has 0 amide bonds. The summed E-state index contributed by atoms with van der Waals surface area (Å²) in [5.74, 6) is -0.0772. The number of benzene rings is 1. The highest BCUT2D eigenvalue weighted by atomic mass is 19.1. The molecule has 0 bridgehead atoms. The van der Waals surface area contributed by atoms with Crippen molar-refractivity contribution in [3.63, 3.8) is 0 Å². The first-order valence-corrected chi connectivity index (χ1v) is 9.82. The average molecular weight is 381 g/mol. The standard InChI is InChI=1S/C22H26FN4O/c1-26-11-10-21-18(14-26)9-12-27(21)15-17-8-7-16(13-20(17)23)22(24)25-28-19-5-3-2-4-6-19/h7-14,19H,2-6,15H2,1H3,(H2,24,25)/q+1. The topological polar surface area (TPSA) is 56.4 Å². The van der Waals surface area contributed by atoms with Gasteiger partial charge in [0.05, 0.1) is 17.4 Å². The van der Waals surface area contributed by atoms with Crippen molar-refractivity contribution in [3.8, 4) is 0 Å². The molecule has 2 heterocycles. The van der Waals surface area contributed by atoms with Gasteiger partial charge in [0.15, 0.2) is 18.2 Å². The fraction of sp³-hybridized carbons (Fsp3) is 0.364. The van der Waals surface area contributed by atoms with Gasteiger partial charge in [0.25, 0.3) is 0 Å². The molecule has 3 aromatic rings. The lowest BCUT2D eigenvalue weighted by atomic mass is 9.98. The SMILES string of the molecule is C[n+]1ccc2c(ccn2Cc2ccc(C(N)=NOC3CCCCC3)cc2F)c1. The van der Waals surface area contributed by atoms with Crippen molar-refractivity contribution in [2.75, 3.05) is 0 Å². The summed E-state index contributed by atoms with van der Waals surface area (Å²) in [6, 6.07) is 9.07. The normalized spacial score (nSPS) is 15.9. The van der Waals surface area contributed by atoms with Gasteiger partial charge in [-0.2, -0.15) is 0 Å². The van der Waals surface area contributed by atoms with Gasteiger partial charge in [0, 0.05) is 23.4 Å². The lowest BCUT2D eigenvalue weighted by Gasteiger charge is -2.19. The highest BCUT2D eigenvalue weighted by Gasteiger charge is 2.15. The number of amidine groups is 1. The summed E-state index contributed by atoms with van der Waals surface area (Å²) in [5.41, 5.74) is 8.23. The third kappa shape index (κ3) is 4.01. The average Bonchev–Trinajstić information content (AvgIpc) is 3.10. The van der Waals surface area contributed by atoms with Crippen molar-refractivity contribution < 1.29 is 13.8 Å². The van der Waals surface area contributed by atoms with Crippen molar-refractivity contribution in [1.82, 2.24) is 4.57 Å². The molecule has 0 spiro atoms. The number of aryl methyl sites for hydroxylation is 1. The van der Waals surface area contributed by atoms with Gasteiger partial charge in [0.1, 0.15) is 19.0 Å². The molecule has 1 aliphatic rings. The predicted octanol–water partition coefficient (Wildman–Crippen LogP) is 3.62. The van der Waals surface area contributed by atoms with Crippen LogP contribution < -0.4 is 10.3 Å². The molecule has 146 valence electrons. The quantitative estimate of drug-likeness (QED) is 0.318. The molecule has 4 rings (SSSR count). The van der Waals surface area contributed by atoms with Crippen molar-refractivity contribution >= 4 is 16.7 Å². The first kappa shape index (κ1) is 18.5. The third-order valence-electron chi connectivity index (χ3n) is 5.39. The third-order valence-corrected chi connectivity index (χ3v) is 5.39. The zero-order valence-corrected chi connectivity index (χ0v) is 16.1. The zero-order chi connectivity index (χ0) is 19.5. The van der Waals surface area contributed by atoms with E-state index in [0.717, 1.165) is 36.6 Å². The number of oxime groups is 1. The second-order valence-electron chi connectivity index (χ2n) is 7.54. The van der Waals surface area contributed by atoms with Gasteiger partial charge in [0.2, 0.25) is 0 Å². The van der Waals surface area contributed by atoms with Gasteiger partial charge in [-0.15, -0.1) is 0 Å². The Labute approximate surface area is 164 Å². The number of nitrogens with two attached hydrogens (primary N) is 1. The molecule has 6 heteroatoms. The van der Waals surface area contributed by atoms with Crippen LogP contribution in [0.1, 0.15) is 43.2 Å². The fourth-order valence-electron chi connectivity index (χ4n) is 3.76. The van der Waals surface area contributed by atoms with Crippen LogP contribution in [0.4, 0.5) is 4.39 Å². The summed E-state index contributed by atoms with van der Waals surface area (Å²) in [4.78, 5) is 5.55. The lowest BCUT2D eigenvalue weighted by molar-refractivity contribution is -0.670. The van der Waals surface area contributed by atoms with Crippen LogP contribution in [0, 0.1) is 5.82 Å². The molecule has 2 aromatic heterocycles. The Morgan fingerprint density at radius 1 is 1.25 bits per heavy atom. The summed E-state index contributed by atoms with van der Waals surface area (Å²) in [5, 5.41) is 5.16. The molecule has 1 aliphatic carbocycles. The molecule has 0 unspecified atom stereocenters. The summed E-state index contributed by atoms with van der Waals surface area (Å²) in [7, 11) is 1.99. The van der Waals surface area contributed by atoms with Gasteiger partial charge in [-0.3, -0.25) is 0 Å². The van der Waals surface area contributed by atoms with Crippen LogP contribution in [-0.4, -0.2) is 16.5 Å². The molecule has 28 heavy (non-hydrogen) atoms. The Morgan fingerprint density at radius 2 is 2.07 bits per heavy atom. The number of aromatic nitrogens is 2. The minimum atomic E-state index is -0.295. The monoisotopic (exact) mass is 381 g/mol. The van der Waals surface area contributed by atoms with Crippen LogP contribution in [0.3, 0.4) is 0 Å². The van der Waals surface area contributed by atoms with E-state index in [4.69, 9.17) is 10.6 Å². The first-order valence-electron chi connectivity index (χ1n) is 9.82. The first-order chi connectivity index (χ1) is 13.6. The minimum absolute atomic E-state index is 0.125. The summed E-state index contributed by atoms with van der Waals surface area (Å²) < 4.78 is 18.7. The largest absolute Gasteiger partial charge is 0.391 e. The Balaban J connectivity index is 1.49. The van der Waals surface area contributed by atoms with E-state index in [9.17, 15) is 4.39 Å². The van der Waals surface area contributed by atoms with Crippen LogP contribution in [0.2, 0.25) is 0 Å². The molecule has 2 N–H and O–H groups in total. The Bertz CT molecular complexity index is 1000. The fourth-order valence-corrected chi connectivity index (χ4v) is 3.76. The van der Waals surface area contributed by atoms with E-state index in [-0.39, 0.29) is 17.8 Å². The molecule has 0 saturated heterocycles. The number of hydrogen-bond acceptors (Lipinski definition) is 2. The minimum Gasteiger partial charge on any atom is -0.391 e. The van der Waals surface area contributed by atoms with E-state index in [0.29, 0.717) is 17.7 Å². The molecule has 0 atom stereocenters. The maximum Gasteiger partial charge on any atom is 0.177 e. The molecule has 0 aliphatic heterocycles. The van der Waals surface area contributed by atoms with Gasteiger partial charge in [-0.05, 0) is 37.8 Å².